The number of rotatable bonds is 10. The molecule has 0 aliphatic heterocycles. The van der Waals surface area contributed by atoms with Gasteiger partial charge in [-0.2, -0.15) is 0 Å². The molecule has 0 N–H and O–H groups in total. The number of quaternary nitrogens is 2. The van der Waals surface area contributed by atoms with Crippen molar-refractivity contribution in [2.24, 2.45) is 0 Å². The van der Waals surface area contributed by atoms with Gasteiger partial charge in [-0.25, -0.2) is 0 Å². The van der Waals surface area contributed by atoms with E-state index in [-0.39, 0.29) is 59.4 Å². The van der Waals surface area contributed by atoms with Crippen LogP contribution in [0, 0.1) is 0 Å². The Bertz CT molecular complexity index is 194. The lowest BCUT2D eigenvalue weighted by Gasteiger charge is -2.36. The maximum atomic E-state index is 5.21. The molecule has 168 valence electrons. The standard InChI is InChI=1S/C14H34N2O.8CH4/c1-7-15(4,8-2)11-10-12-16(5,9-3)13-14-17-6;;;;;;;;/h7-14H2,1-6H3;8*1H4/q+2;;;;;;;;. The second kappa shape index (κ2) is 28.7. The van der Waals surface area contributed by atoms with Gasteiger partial charge in [0.05, 0.1) is 53.4 Å². The fourth-order valence-electron chi connectivity index (χ4n) is 2.11. The van der Waals surface area contributed by atoms with Crippen LogP contribution in [0.25, 0.3) is 0 Å². The van der Waals surface area contributed by atoms with Gasteiger partial charge in [0.2, 0.25) is 0 Å². The summed E-state index contributed by atoms with van der Waals surface area (Å²) < 4.78 is 7.55. The van der Waals surface area contributed by atoms with Gasteiger partial charge in [0.1, 0.15) is 6.54 Å². The Morgan fingerprint density at radius 3 is 1.16 bits per heavy atom. The SMILES string of the molecule is C.C.C.C.C.C.C.C.CC[N+](C)(CC)CCC[N+](C)(CC)CCOC. The summed E-state index contributed by atoms with van der Waals surface area (Å²) in [5.74, 6) is 0. The molecule has 0 spiro atoms. The second-order valence-electron chi connectivity index (χ2n) is 5.70. The van der Waals surface area contributed by atoms with Crippen LogP contribution in [0.2, 0.25) is 0 Å². The second-order valence-corrected chi connectivity index (χ2v) is 5.70. The van der Waals surface area contributed by atoms with E-state index in [1.807, 2.05) is 0 Å². The van der Waals surface area contributed by atoms with Crippen molar-refractivity contribution in [1.82, 2.24) is 0 Å². The first kappa shape index (κ1) is 56.3. The van der Waals surface area contributed by atoms with Gasteiger partial charge >= 0.3 is 0 Å². The van der Waals surface area contributed by atoms with E-state index >= 15 is 0 Å². The van der Waals surface area contributed by atoms with Crippen LogP contribution in [-0.4, -0.2) is 76.0 Å². The summed E-state index contributed by atoms with van der Waals surface area (Å²) >= 11 is 0. The third-order valence-corrected chi connectivity index (χ3v) is 4.52. The highest BCUT2D eigenvalue weighted by Crippen LogP contribution is 2.08. The zero-order valence-electron chi connectivity index (χ0n) is 13.0. The van der Waals surface area contributed by atoms with Crippen molar-refractivity contribution in [2.45, 2.75) is 86.6 Å². The summed E-state index contributed by atoms with van der Waals surface area (Å²) in [5.41, 5.74) is 0. The van der Waals surface area contributed by atoms with Crippen LogP contribution in [-0.2, 0) is 4.74 Å². The van der Waals surface area contributed by atoms with Crippen LogP contribution in [0.4, 0.5) is 0 Å². The molecule has 1 atom stereocenters. The number of nitrogens with zero attached hydrogens (tertiary/aromatic N) is 2. The molecule has 0 fully saturated rings. The molecule has 0 aromatic rings. The molecule has 0 amide bonds. The minimum Gasteiger partial charge on any atom is -0.379 e. The summed E-state index contributed by atoms with van der Waals surface area (Å²) in [5, 5.41) is 0. The van der Waals surface area contributed by atoms with Crippen molar-refractivity contribution in [2.75, 3.05) is 67.1 Å². The predicted octanol–water partition coefficient (Wildman–Crippen LogP) is 7.06. The van der Waals surface area contributed by atoms with Crippen LogP contribution >= 0.6 is 0 Å². The molecule has 3 nitrogen and oxygen atoms in total. The average Bonchev–Trinajstić information content (AvgIpc) is 2.36. The summed E-state index contributed by atoms with van der Waals surface area (Å²) in [7, 11) is 6.51. The third kappa shape index (κ3) is 23.9. The Hall–Kier alpha value is -0.120. The monoisotopic (exact) mass is 375 g/mol. The van der Waals surface area contributed by atoms with E-state index in [9.17, 15) is 0 Å². The Morgan fingerprint density at radius 2 is 0.880 bits per heavy atom. The van der Waals surface area contributed by atoms with Crippen molar-refractivity contribution in [3.05, 3.63) is 0 Å². The van der Waals surface area contributed by atoms with Gasteiger partial charge in [0.25, 0.3) is 0 Å². The predicted molar refractivity (Wildman–Crippen MR) is 129 cm³/mol. The van der Waals surface area contributed by atoms with E-state index in [0.717, 1.165) is 17.6 Å². The van der Waals surface area contributed by atoms with Gasteiger partial charge in [-0.05, 0) is 20.8 Å². The lowest BCUT2D eigenvalue weighted by atomic mass is 10.2. The smallest absolute Gasteiger partial charge is 0.102 e. The summed E-state index contributed by atoms with van der Waals surface area (Å²) in [6, 6.07) is 0. The fraction of sp³-hybridized carbons (Fsp3) is 1.00. The maximum Gasteiger partial charge on any atom is 0.102 e. The summed E-state index contributed by atoms with van der Waals surface area (Å²) in [6.07, 6.45) is 1.31. The molecule has 0 aliphatic carbocycles. The van der Waals surface area contributed by atoms with E-state index in [4.69, 9.17) is 4.74 Å². The molecule has 0 heterocycles. The number of likely N-dealkylation sites (N-methyl/N-ethyl adjacent to an activating group) is 1. The van der Waals surface area contributed by atoms with Crippen molar-refractivity contribution in [1.29, 1.82) is 0 Å². The van der Waals surface area contributed by atoms with Gasteiger partial charge in [0.15, 0.2) is 0 Å². The average molecular weight is 375 g/mol. The molecule has 3 heteroatoms. The zero-order valence-corrected chi connectivity index (χ0v) is 13.0. The number of hydrogen-bond donors (Lipinski definition) is 0. The first-order chi connectivity index (χ1) is 7.95. The molecule has 25 heavy (non-hydrogen) atoms. The molecule has 0 saturated carbocycles. The lowest BCUT2D eigenvalue weighted by molar-refractivity contribution is -0.925. The molecule has 0 rings (SSSR count). The summed E-state index contributed by atoms with van der Waals surface area (Å²) in [6.45, 7) is 15.1. The highest BCUT2D eigenvalue weighted by atomic mass is 16.5. The Kier molecular flexibility index (Phi) is 64.5. The Morgan fingerprint density at radius 1 is 0.560 bits per heavy atom. The van der Waals surface area contributed by atoms with Crippen LogP contribution in [0.3, 0.4) is 0 Å². The van der Waals surface area contributed by atoms with Crippen LogP contribution in [0.15, 0.2) is 0 Å². The van der Waals surface area contributed by atoms with Crippen LogP contribution in [0.1, 0.15) is 86.6 Å². The van der Waals surface area contributed by atoms with Crippen molar-refractivity contribution in [3.8, 4) is 0 Å². The van der Waals surface area contributed by atoms with Gasteiger partial charge in [-0.3, -0.25) is 0 Å². The molecule has 0 aliphatic rings. The topological polar surface area (TPSA) is 9.23 Å². The molecule has 0 bridgehead atoms. The largest absolute Gasteiger partial charge is 0.379 e. The van der Waals surface area contributed by atoms with E-state index in [2.05, 4.69) is 34.9 Å². The minimum absolute atomic E-state index is 0. The molecular formula is C22H66N2O+2. The van der Waals surface area contributed by atoms with E-state index in [1.165, 1.54) is 43.6 Å². The molecule has 0 radical (unpaired) electrons. The third-order valence-electron chi connectivity index (χ3n) is 4.52. The van der Waals surface area contributed by atoms with Crippen molar-refractivity contribution in [3.63, 3.8) is 0 Å². The molecule has 0 aromatic heterocycles. The molecule has 1 unspecified atom stereocenters. The minimum atomic E-state index is 0. The first-order valence-electron chi connectivity index (χ1n) is 7.11. The maximum absolute atomic E-state index is 5.21. The van der Waals surface area contributed by atoms with Crippen LogP contribution in [0.5, 0.6) is 0 Å². The fourth-order valence-corrected chi connectivity index (χ4v) is 2.11. The van der Waals surface area contributed by atoms with Gasteiger partial charge in [-0.1, -0.05) is 59.4 Å². The Labute approximate surface area is 168 Å². The van der Waals surface area contributed by atoms with Crippen LogP contribution < -0.4 is 0 Å². The van der Waals surface area contributed by atoms with Crippen molar-refractivity contribution >= 4 is 0 Å². The quantitative estimate of drug-likeness (QED) is 0.372. The highest BCUT2D eigenvalue weighted by Gasteiger charge is 2.22. The van der Waals surface area contributed by atoms with Gasteiger partial charge in [0, 0.05) is 13.5 Å². The number of ether oxygens (including phenoxy) is 1. The molecule has 0 saturated heterocycles. The van der Waals surface area contributed by atoms with E-state index in [1.54, 1.807) is 7.11 Å². The zero-order chi connectivity index (χ0) is 13.4. The van der Waals surface area contributed by atoms with Gasteiger partial charge in [-0.15, -0.1) is 0 Å². The van der Waals surface area contributed by atoms with Crippen molar-refractivity contribution < 1.29 is 13.7 Å². The number of methoxy groups -OCH3 is 1. The molecule has 0 aromatic carbocycles. The van der Waals surface area contributed by atoms with E-state index < -0.39 is 0 Å². The lowest BCUT2D eigenvalue weighted by Crippen LogP contribution is -2.50. The normalized spacial score (nSPS) is 10.8. The highest BCUT2D eigenvalue weighted by molar-refractivity contribution is 4.42. The number of hydrogen-bond acceptors (Lipinski definition) is 1. The van der Waals surface area contributed by atoms with Gasteiger partial charge < -0.3 is 13.7 Å². The Balaban J connectivity index is -0.0000000457. The first-order valence-corrected chi connectivity index (χ1v) is 7.11. The molecular weight excluding hydrogens is 308 g/mol. The van der Waals surface area contributed by atoms with E-state index in [0.29, 0.717) is 0 Å². The summed E-state index contributed by atoms with van der Waals surface area (Å²) in [4.78, 5) is 0.